The van der Waals surface area contributed by atoms with Crippen molar-refractivity contribution < 1.29 is 9.21 Å². The molecule has 1 aromatic carbocycles. The second kappa shape index (κ2) is 7.26. The summed E-state index contributed by atoms with van der Waals surface area (Å²) in [5.74, 6) is 0.786. The molecule has 0 fully saturated rings. The van der Waals surface area contributed by atoms with Gasteiger partial charge in [-0.05, 0) is 24.3 Å². The van der Waals surface area contributed by atoms with E-state index in [0.29, 0.717) is 22.0 Å². The molecule has 0 radical (unpaired) electrons. The van der Waals surface area contributed by atoms with Gasteiger partial charge in [0, 0.05) is 11.8 Å². The van der Waals surface area contributed by atoms with Crippen LogP contribution >= 0.6 is 23.4 Å². The summed E-state index contributed by atoms with van der Waals surface area (Å²) < 4.78 is 5.51. The van der Waals surface area contributed by atoms with Crippen molar-refractivity contribution in [2.45, 2.75) is 5.22 Å². The summed E-state index contributed by atoms with van der Waals surface area (Å²) in [4.78, 5) is 15.8. The molecule has 0 aliphatic carbocycles. The highest BCUT2D eigenvalue weighted by molar-refractivity contribution is 7.99. The zero-order valence-corrected chi connectivity index (χ0v) is 13.3. The Morgan fingerprint density at radius 1 is 1.17 bits per heavy atom. The predicted octanol–water partition coefficient (Wildman–Crippen LogP) is 3.52. The summed E-state index contributed by atoms with van der Waals surface area (Å²) >= 11 is 6.90. The van der Waals surface area contributed by atoms with Gasteiger partial charge in [-0.25, -0.2) is 4.98 Å². The van der Waals surface area contributed by atoms with Gasteiger partial charge in [0.15, 0.2) is 0 Å². The van der Waals surface area contributed by atoms with Gasteiger partial charge in [-0.15, -0.1) is 10.2 Å². The minimum Gasteiger partial charge on any atom is -0.411 e. The molecule has 0 saturated carbocycles. The second-order valence-electron chi connectivity index (χ2n) is 4.44. The molecule has 0 unspecified atom stereocenters. The number of hydrogen-bond donors (Lipinski definition) is 1. The van der Waals surface area contributed by atoms with Crippen molar-refractivity contribution in [2.75, 3.05) is 11.1 Å². The van der Waals surface area contributed by atoms with E-state index >= 15 is 0 Å². The highest BCUT2D eigenvalue weighted by atomic mass is 35.5. The van der Waals surface area contributed by atoms with Gasteiger partial charge in [0.05, 0.1) is 10.8 Å². The monoisotopic (exact) mass is 346 g/mol. The van der Waals surface area contributed by atoms with Crippen molar-refractivity contribution in [3.05, 3.63) is 53.7 Å². The predicted molar refractivity (Wildman–Crippen MR) is 88.3 cm³/mol. The van der Waals surface area contributed by atoms with Crippen LogP contribution in [0.5, 0.6) is 0 Å². The summed E-state index contributed by atoms with van der Waals surface area (Å²) in [6.07, 6.45) is 1.47. The van der Waals surface area contributed by atoms with Crippen LogP contribution in [0, 0.1) is 0 Å². The van der Waals surface area contributed by atoms with Crippen LogP contribution in [0.4, 0.5) is 5.82 Å². The molecule has 8 heteroatoms. The number of carbonyl (C=O) groups is 1. The summed E-state index contributed by atoms with van der Waals surface area (Å²) in [7, 11) is 0. The van der Waals surface area contributed by atoms with E-state index in [0.717, 1.165) is 17.3 Å². The van der Waals surface area contributed by atoms with Crippen LogP contribution in [0.3, 0.4) is 0 Å². The largest absolute Gasteiger partial charge is 0.411 e. The normalized spacial score (nSPS) is 10.5. The van der Waals surface area contributed by atoms with Gasteiger partial charge < -0.3 is 9.73 Å². The van der Waals surface area contributed by atoms with Crippen LogP contribution in [0.1, 0.15) is 0 Å². The van der Waals surface area contributed by atoms with Crippen LogP contribution in [0.15, 0.2) is 58.3 Å². The van der Waals surface area contributed by atoms with Gasteiger partial charge in [-0.3, -0.25) is 4.79 Å². The Morgan fingerprint density at radius 3 is 2.74 bits per heavy atom. The molecule has 3 aromatic rings. The summed E-state index contributed by atoms with van der Waals surface area (Å²) in [6, 6.07) is 12.7. The lowest BCUT2D eigenvalue weighted by atomic mass is 10.2. The third kappa shape index (κ3) is 4.30. The molecule has 116 valence electrons. The third-order valence-corrected chi connectivity index (χ3v) is 3.79. The molecule has 6 nitrogen and oxygen atoms in total. The van der Waals surface area contributed by atoms with Crippen molar-refractivity contribution in [2.24, 2.45) is 0 Å². The van der Waals surface area contributed by atoms with Crippen molar-refractivity contribution >= 4 is 35.1 Å². The molecule has 2 heterocycles. The molecule has 1 amide bonds. The van der Waals surface area contributed by atoms with Gasteiger partial charge in [0.2, 0.25) is 11.8 Å². The van der Waals surface area contributed by atoms with E-state index in [1.807, 2.05) is 30.3 Å². The van der Waals surface area contributed by atoms with Crippen molar-refractivity contribution in [1.82, 2.24) is 15.2 Å². The van der Waals surface area contributed by atoms with Gasteiger partial charge in [-0.1, -0.05) is 41.6 Å². The highest BCUT2D eigenvalue weighted by Crippen LogP contribution is 2.22. The fraction of sp³-hybridized carbons (Fsp3) is 0.0667. The Balaban J connectivity index is 1.55. The van der Waals surface area contributed by atoms with Gasteiger partial charge >= 0.3 is 0 Å². The maximum Gasteiger partial charge on any atom is 0.277 e. The van der Waals surface area contributed by atoms with E-state index in [9.17, 15) is 4.79 Å². The van der Waals surface area contributed by atoms with Crippen LogP contribution in [0.25, 0.3) is 11.5 Å². The lowest BCUT2D eigenvalue weighted by Crippen LogP contribution is -2.14. The number of aromatic nitrogens is 3. The first kappa shape index (κ1) is 15.5. The number of nitrogens with one attached hydrogen (secondary N) is 1. The van der Waals surface area contributed by atoms with Gasteiger partial charge in [0.1, 0.15) is 5.82 Å². The number of nitrogens with zero attached hydrogens (tertiary/aromatic N) is 3. The first-order valence-corrected chi connectivity index (χ1v) is 8.00. The number of thioether (sulfide) groups is 1. The number of amides is 1. The number of halogens is 1. The van der Waals surface area contributed by atoms with E-state index in [1.165, 1.54) is 6.20 Å². The molecule has 2 aromatic heterocycles. The average Bonchev–Trinajstić information content (AvgIpc) is 3.05. The molecule has 0 saturated heterocycles. The summed E-state index contributed by atoms with van der Waals surface area (Å²) in [5.41, 5.74) is 0.835. The first-order chi connectivity index (χ1) is 11.2. The molecule has 0 spiro atoms. The molecular formula is C15H11ClN4O2S. The van der Waals surface area contributed by atoms with Gasteiger partial charge in [-0.2, -0.15) is 0 Å². The molecule has 0 bridgehead atoms. The van der Waals surface area contributed by atoms with Crippen molar-refractivity contribution in [3.8, 4) is 11.5 Å². The fourth-order valence-corrected chi connectivity index (χ4v) is 2.40. The van der Waals surface area contributed by atoms with Crippen LogP contribution < -0.4 is 5.32 Å². The average molecular weight is 347 g/mol. The maximum absolute atomic E-state index is 11.9. The van der Waals surface area contributed by atoms with Gasteiger partial charge in [0.25, 0.3) is 5.22 Å². The number of rotatable bonds is 5. The smallest absolute Gasteiger partial charge is 0.277 e. The number of pyridine rings is 1. The Kier molecular flexibility index (Phi) is 4.89. The molecule has 0 aliphatic heterocycles. The van der Waals surface area contributed by atoms with Crippen LogP contribution in [0.2, 0.25) is 5.02 Å². The van der Waals surface area contributed by atoms with Crippen LogP contribution in [-0.2, 0) is 4.79 Å². The second-order valence-corrected chi connectivity index (χ2v) is 5.80. The Hall–Kier alpha value is -2.38. The van der Waals surface area contributed by atoms with E-state index in [1.54, 1.807) is 12.1 Å². The molecule has 23 heavy (non-hydrogen) atoms. The maximum atomic E-state index is 11.9. The summed E-state index contributed by atoms with van der Waals surface area (Å²) in [6.45, 7) is 0. The molecule has 0 aliphatic rings. The molecular weight excluding hydrogens is 336 g/mol. The van der Waals surface area contributed by atoms with E-state index in [-0.39, 0.29) is 11.7 Å². The zero-order chi connectivity index (χ0) is 16.1. The van der Waals surface area contributed by atoms with E-state index < -0.39 is 0 Å². The highest BCUT2D eigenvalue weighted by Gasteiger charge is 2.11. The SMILES string of the molecule is O=C(CSc1nnc(-c2ccccc2)o1)Nc1ccc(Cl)cn1. The van der Waals surface area contributed by atoms with Crippen molar-refractivity contribution in [3.63, 3.8) is 0 Å². The van der Waals surface area contributed by atoms with Crippen LogP contribution in [-0.4, -0.2) is 26.8 Å². The zero-order valence-electron chi connectivity index (χ0n) is 11.8. The minimum absolute atomic E-state index is 0.140. The quantitative estimate of drug-likeness (QED) is 0.712. The molecule has 3 rings (SSSR count). The Labute approximate surface area is 141 Å². The summed E-state index contributed by atoms with van der Waals surface area (Å²) in [5, 5.41) is 11.4. The fourth-order valence-electron chi connectivity index (χ4n) is 1.72. The first-order valence-electron chi connectivity index (χ1n) is 6.64. The third-order valence-electron chi connectivity index (χ3n) is 2.75. The Morgan fingerprint density at radius 2 is 2.00 bits per heavy atom. The Bertz CT molecular complexity index is 793. The van der Waals surface area contributed by atoms with E-state index in [2.05, 4.69) is 20.5 Å². The standard InChI is InChI=1S/C15H11ClN4O2S/c16-11-6-7-12(17-8-11)18-13(21)9-23-15-20-19-14(22-15)10-4-2-1-3-5-10/h1-8H,9H2,(H,17,18,21). The molecule has 0 atom stereocenters. The lowest BCUT2D eigenvalue weighted by Gasteiger charge is -2.02. The minimum atomic E-state index is -0.218. The number of carbonyl (C=O) groups excluding carboxylic acids is 1. The lowest BCUT2D eigenvalue weighted by molar-refractivity contribution is -0.113. The molecule has 1 N–H and O–H groups in total. The topological polar surface area (TPSA) is 80.9 Å². The van der Waals surface area contributed by atoms with Crippen molar-refractivity contribution in [1.29, 1.82) is 0 Å². The number of hydrogen-bond acceptors (Lipinski definition) is 6. The number of anilines is 1. The van der Waals surface area contributed by atoms with E-state index in [4.69, 9.17) is 16.0 Å². The number of benzene rings is 1.